The van der Waals surface area contributed by atoms with E-state index in [2.05, 4.69) is 18.4 Å². The fourth-order valence-electron chi connectivity index (χ4n) is 2.26. The molecule has 81 valence electrons. The maximum absolute atomic E-state index is 13.1. The fraction of sp³-hybridized carbons (Fsp3) is 0.462. The van der Waals surface area contributed by atoms with Crippen LogP contribution in [0.1, 0.15) is 32.6 Å². The standard InChI is InChI=1S/C13H17FN/c1-2-5-12-8-4-9-15(12)13-7-3-6-11(14)10-13/h3,6-7,9-10,12H,2,4-5,8H2,1H3/t12-/m0/s1. The van der Waals surface area contributed by atoms with Crippen molar-refractivity contribution in [2.75, 3.05) is 4.90 Å². The number of halogens is 1. The van der Waals surface area contributed by atoms with E-state index in [1.165, 1.54) is 25.3 Å². The second-order valence-electron chi connectivity index (χ2n) is 4.09. The summed E-state index contributed by atoms with van der Waals surface area (Å²) >= 11 is 0. The van der Waals surface area contributed by atoms with Crippen molar-refractivity contribution in [3.8, 4) is 0 Å². The summed E-state index contributed by atoms with van der Waals surface area (Å²) in [5, 5.41) is 0. The van der Waals surface area contributed by atoms with Gasteiger partial charge in [-0.2, -0.15) is 0 Å². The predicted molar refractivity (Wildman–Crippen MR) is 61.1 cm³/mol. The minimum atomic E-state index is -0.150. The summed E-state index contributed by atoms with van der Waals surface area (Å²) in [5.74, 6) is -0.150. The van der Waals surface area contributed by atoms with E-state index in [-0.39, 0.29) is 5.82 Å². The average molecular weight is 206 g/mol. The van der Waals surface area contributed by atoms with Crippen molar-refractivity contribution < 1.29 is 4.39 Å². The highest BCUT2D eigenvalue weighted by molar-refractivity contribution is 5.50. The molecule has 1 heterocycles. The molecule has 2 heteroatoms. The molecule has 1 fully saturated rings. The van der Waals surface area contributed by atoms with Crippen molar-refractivity contribution in [3.05, 3.63) is 36.6 Å². The predicted octanol–water partition coefficient (Wildman–Crippen LogP) is 3.76. The molecule has 0 aromatic heterocycles. The molecule has 1 radical (unpaired) electrons. The normalized spacial score (nSPS) is 20.9. The molecule has 0 bridgehead atoms. The van der Waals surface area contributed by atoms with Gasteiger partial charge in [-0.15, -0.1) is 0 Å². The molecule has 1 aromatic carbocycles. The Hall–Kier alpha value is -1.05. The van der Waals surface area contributed by atoms with Crippen LogP contribution in [-0.2, 0) is 0 Å². The Morgan fingerprint density at radius 1 is 1.47 bits per heavy atom. The first-order chi connectivity index (χ1) is 7.31. The molecular formula is C13H17FN. The van der Waals surface area contributed by atoms with Crippen LogP contribution >= 0.6 is 0 Å². The molecule has 0 saturated carbocycles. The fourth-order valence-corrected chi connectivity index (χ4v) is 2.26. The minimum absolute atomic E-state index is 0.150. The third-order valence-corrected chi connectivity index (χ3v) is 2.95. The number of hydrogen-bond acceptors (Lipinski definition) is 1. The second-order valence-corrected chi connectivity index (χ2v) is 4.09. The van der Waals surface area contributed by atoms with Crippen LogP contribution in [0.25, 0.3) is 0 Å². The summed E-state index contributed by atoms with van der Waals surface area (Å²) in [6.45, 7) is 4.39. The number of nitrogens with zero attached hydrogens (tertiary/aromatic N) is 1. The Balaban J connectivity index is 2.15. The lowest BCUT2D eigenvalue weighted by Crippen LogP contribution is -2.26. The lowest BCUT2D eigenvalue weighted by Gasteiger charge is -2.26. The van der Waals surface area contributed by atoms with Crippen LogP contribution in [0, 0.1) is 12.4 Å². The Morgan fingerprint density at radius 2 is 2.33 bits per heavy atom. The van der Waals surface area contributed by atoms with Gasteiger partial charge in [-0.05, 0) is 37.5 Å². The van der Waals surface area contributed by atoms with Gasteiger partial charge in [-0.25, -0.2) is 4.39 Å². The van der Waals surface area contributed by atoms with Crippen molar-refractivity contribution in [2.24, 2.45) is 0 Å². The number of rotatable bonds is 3. The SMILES string of the molecule is CCC[C@H]1CC[CH]N1c1cccc(F)c1. The first-order valence-corrected chi connectivity index (χ1v) is 5.68. The van der Waals surface area contributed by atoms with Gasteiger partial charge in [-0.1, -0.05) is 19.4 Å². The molecule has 2 rings (SSSR count). The van der Waals surface area contributed by atoms with Gasteiger partial charge in [0.15, 0.2) is 0 Å². The van der Waals surface area contributed by atoms with E-state index in [9.17, 15) is 4.39 Å². The van der Waals surface area contributed by atoms with E-state index in [1.54, 1.807) is 12.1 Å². The van der Waals surface area contributed by atoms with E-state index < -0.39 is 0 Å². The van der Waals surface area contributed by atoms with Gasteiger partial charge in [0.25, 0.3) is 0 Å². The average Bonchev–Trinajstić information content (AvgIpc) is 2.66. The zero-order chi connectivity index (χ0) is 10.7. The third-order valence-electron chi connectivity index (χ3n) is 2.95. The number of hydrogen-bond donors (Lipinski definition) is 0. The lowest BCUT2D eigenvalue weighted by molar-refractivity contribution is 0.598. The molecular weight excluding hydrogens is 189 g/mol. The van der Waals surface area contributed by atoms with Crippen LogP contribution in [0.5, 0.6) is 0 Å². The largest absolute Gasteiger partial charge is 0.363 e. The highest BCUT2D eigenvalue weighted by atomic mass is 19.1. The summed E-state index contributed by atoms with van der Waals surface area (Å²) in [6, 6.07) is 7.43. The summed E-state index contributed by atoms with van der Waals surface area (Å²) < 4.78 is 13.1. The van der Waals surface area contributed by atoms with Gasteiger partial charge in [0, 0.05) is 18.3 Å². The molecule has 15 heavy (non-hydrogen) atoms. The quantitative estimate of drug-likeness (QED) is 0.728. The molecule has 0 N–H and O–H groups in total. The third kappa shape index (κ3) is 2.31. The van der Waals surface area contributed by atoms with Crippen molar-refractivity contribution in [2.45, 2.75) is 38.6 Å². The Morgan fingerprint density at radius 3 is 3.07 bits per heavy atom. The first-order valence-electron chi connectivity index (χ1n) is 5.68. The van der Waals surface area contributed by atoms with Gasteiger partial charge >= 0.3 is 0 Å². The molecule has 1 nitrogen and oxygen atoms in total. The molecule has 0 aliphatic carbocycles. The van der Waals surface area contributed by atoms with E-state index >= 15 is 0 Å². The zero-order valence-corrected chi connectivity index (χ0v) is 9.12. The molecule has 1 atom stereocenters. The number of anilines is 1. The van der Waals surface area contributed by atoms with Crippen LogP contribution < -0.4 is 4.90 Å². The molecule has 0 spiro atoms. The maximum atomic E-state index is 13.1. The van der Waals surface area contributed by atoms with E-state index in [1.807, 2.05) is 6.07 Å². The van der Waals surface area contributed by atoms with Crippen LogP contribution in [0.3, 0.4) is 0 Å². The van der Waals surface area contributed by atoms with E-state index in [0.717, 1.165) is 12.1 Å². The van der Waals surface area contributed by atoms with E-state index in [4.69, 9.17) is 0 Å². The molecule has 1 aliphatic rings. The summed E-state index contributed by atoms with van der Waals surface area (Å²) in [6.07, 6.45) is 4.68. The Kier molecular flexibility index (Phi) is 3.24. The number of benzene rings is 1. The Labute approximate surface area is 90.9 Å². The minimum Gasteiger partial charge on any atom is -0.363 e. The molecule has 1 aliphatic heterocycles. The van der Waals surface area contributed by atoms with Gasteiger partial charge in [0.05, 0.1) is 0 Å². The van der Waals surface area contributed by atoms with Crippen LogP contribution in [0.4, 0.5) is 10.1 Å². The van der Waals surface area contributed by atoms with Crippen LogP contribution in [0.15, 0.2) is 24.3 Å². The second kappa shape index (κ2) is 4.65. The summed E-state index contributed by atoms with van der Waals surface area (Å²) in [5.41, 5.74) is 0.992. The maximum Gasteiger partial charge on any atom is 0.125 e. The highest BCUT2D eigenvalue weighted by Gasteiger charge is 2.24. The van der Waals surface area contributed by atoms with Crippen molar-refractivity contribution in [1.82, 2.24) is 0 Å². The van der Waals surface area contributed by atoms with Gasteiger partial charge < -0.3 is 4.90 Å². The van der Waals surface area contributed by atoms with Crippen molar-refractivity contribution in [3.63, 3.8) is 0 Å². The zero-order valence-electron chi connectivity index (χ0n) is 9.12. The Bertz CT molecular complexity index is 324. The van der Waals surface area contributed by atoms with Crippen molar-refractivity contribution >= 4 is 5.69 Å². The summed E-state index contributed by atoms with van der Waals surface area (Å²) in [7, 11) is 0. The molecule has 1 saturated heterocycles. The smallest absolute Gasteiger partial charge is 0.125 e. The van der Waals surface area contributed by atoms with Crippen LogP contribution in [-0.4, -0.2) is 6.04 Å². The van der Waals surface area contributed by atoms with Crippen LogP contribution in [0.2, 0.25) is 0 Å². The lowest BCUT2D eigenvalue weighted by atomic mass is 10.1. The topological polar surface area (TPSA) is 3.24 Å². The molecule has 0 amide bonds. The van der Waals surface area contributed by atoms with E-state index in [0.29, 0.717) is 6.04 Å². The van der Waals surface area contributed by atoms with Gasteiger partial charge in [0.2, 0.25) is 0 Å². The van der Waals surface area contributed by atoms with Crippen molar-refractivity contribution in [1.29, 1.82) is 0 Å². The summed E-state index contributed by atoms with van der Waals surface area (Å²) in [4.78, 5) is 2.23. The van der Waals surface area contributed by atoms with Gasteiger partial charge in [0.1, 0.15) is 5.82 Å². The van der Waals surface area contributed by atoms with Gasteiger partial charge in [-0.3, -0.25) is 0 Å². The molecule has 1 aromatic rings. The molecule has 0 unspecified atom stereocenters. The first kappa shape index (κ1) is 10.5. The highest BCUT2D eigenvalue weighted by Crippen LogP contribution is 2.30. The monoisotopic (exact) mass is 206 g/mol.